The maximum absolute atomic E-state index is 12.8. The summed E-state index contributed by atoms with van der Waals surface area (Å²) in [6, 6.07) is 5.76. The summed E-state index contributed by atoms with van der Waals surface area (Å²) in [6.07, 6.45) is -0.697. The van der Waals surface area contributed by atoms with Crippen LogP contribution in [0.5, 0.6) is 0 Å². The highest BCUT2D eigenvalue weighted by Gasteiger charge is 2.33. The first kappa shape index (κ1) is 13.4. The van der Waals surface area contributed by atoms with Gasteiger partial charge in [0.2, 0.25) is 0 Å². The zero-order chi connectivity index (χ0) is 13.2. The van der Waals surface area contributed by atoms with E-state index in [1.54, 1.807) is 12.1 Å². The first-order valence-electron chi connectivity index (χ1n) is 6.27. The van der Waals surface area contributed by atoms with Gasteiger partial charge in [-0.25, -0.2) is 0 Å². The van der Waals surface area contributed by atoms with E-state index in [1.807, 2.05) is 0 Å². The summed E-state index contributed by atoms with van der Waals surface area (Å²) < 4.78 is 38.3. The van der Waals surface area contributed by atoms with Gasteiger partial charge in [0.1, 0.15) is 0 Å². The highest BCUT2D eigenvalue weighted by atomic mass is 19.4. The van der Waals surface area contributed by atoms with Crippen molar-refractivity contribution < 1.29 is 13.2 Å². The molecule has 2 rings (SSSR count). The fourth-order valence-electron chi connectivity index (χ4n) is 2.41. The summed E-state index contributed by atoms with van der Waals surface area (Å²) in [6.45, 7) is 3.25. The van der Waals surface area contributed by atoms with Crippen LogP contribution in [0.15, 0.2) is 24.3 Å². The van der Waals surface area contributed by atoms with E-state index in [-0.39, 0.29) is 12.0 Å². The third-order valence-electron chi connectivity index (χ3n) is 3.75. The normalized spacial score (nSPS) is 18.4. The average Bonchev–Trinajstić information content (AvgIpc) is 2.26. The first-order valence-corrected chi connectivity index (χ1v) is 6.27. The van der Waals surface area contributed by atoms with Crippen molar-refractivity contribution in [2.24, 2.45) is 5.41 Å². The summed E-state index contributed by atoms with van der Waals surface area (Å²) in [5.41, 5.74) is 0.0804. The molecule has 18 heavy (non-hydrogen) atoms. The van der Waals surface area contributed by atoms with Gasteiger partial charge in [-0.2, -0.15) is 13.2 Å². The predicted molar refractivity (Wildman–Crippen MR) is 65.1 cm³/mol. The van der Waals surface area contributed by atoms with Gasteiger partial charge in [-0.1, -0.05) is 31.5 Å². The van der Waals surface area contributed by atoms with Gasteiger partial charge < -0.3 is 5.32 Å². The number of nitrogens with one attached hydrogen (secondary N) is 1. The van der Waals surface area contributed by atoms with E-state index in [9.17, 15) is 13.2 Å². The molecule has 1 aromatic carbocycles. The lowest BCUT2D eigenvalue weighted by Gasteiger charge is -2.38. The lowest BCUT2D eigenvalue weighted by Crippen LogP contribution is -2.37. The molecular formula is C14H18F3N. The number of hydrogen-bond donors (Lipinski definition) is 1. The molecule has 1 aromatic rings. The van der Waals surface area contributed by atoms with E-state index in [0.717, 1.165) is 12.6 Å². The Morgan fingerprint density at radius 2 is 1.89 bits per heavy atom. The van der Waals surface area contributed by atoms with Crippen LogP contribution in [0.2, 0.25) is 0 Å². The molecule has 0 radical (unpaired) electrons. The molecule has 4 heteroatoms. The van der Waals surface area contributed by atoms with Gasteiger partial charge in [0.15, 0.2) is 0 Å². The summed E-state index contributed by atoms with van der Waals surface area (Å²) in [4.78, 5) is 0. The fraction of sp³-hybridized carbons (Fsp3) is 0.571. The highest BCUT2D eigenvalue weighted by Crippen LogP contribution is 2.39. The second kappa shape index (κ2) is 4.92. The molecular weight excluding hydrogens is 239 g/mol. The van der Waals surface area contributed by atoms with Gasteiger partial charge in [0, 0.05) is 13.1 Å². The molecule has 0 saturated heterocycles. The lowest BCUT2D eigenvalue weighted by molar-refractivity contribution is -0.138. The van der Waals surface area contributed by atoms with Crippen molar-refractivity contribution in [2.45, 2.75) is 38.9 Å². The minimum atomic E-state index is -4.27. The summed E-state index contributed by atoms with van der Waals surface area (Å²) in [5, 5.41) is 3.16. The topological polar surface area (TPSA) is 12.0 Å². The monoisotopic (exact) mass is 257 g/mol. The Hall–Kier alpha value is -1.03. The third kappa shape index (κ3) is 3.05. The molecule has 1 saturated carbocycles. The van der Waals surface area contributed by atoms with Gasteiger partial charge in [-0.15, -0.1) is 0 Å². The van der Waals surface area contributed by atoms with Crippen LogP contribution in [0.3, 0.4) is 0 Å². The van der Waals surface area contributed by atoms with Crippen LogP contribution < -0.4 is 5.32 Å². The Morgan fingerprint density at radius 3 is 2.44 bits per heavy atom. The first-order chi connectivity index (χ1) is 8.41. The van der Waals surface area contributed by atoms with Crippen LogP contribution in [0.25, 0.3) is 0 Å². The second-order valence-corrected chi connectivity index (χ2v) is 5.42. The molecule has 0 amide bonds. The van der Waals surface area contributed by atoms with Crippen LogP contribution in [0.4, 0.5) is 13.2 Å². The van der Waals surface area contributed by atoms with Gasteiger partial charge in [-0.3, -0.25) is 0 Å². The van der Waals surface area contributed by atoms with E-state index in [1.165, 1.54) is 25.3 Å². The van der Waals surface area contributed by atoms with E-state index < -0.39 is 11.7 Å². The lowest BCUT2D eigenvalue weighted by atomic mass is 9.70. The largest absolute Gasteiger partial charge is 0.416 e. The van der Waals surface area contributed by atoms with Gasteiger partial charge >= 0.3 is 6.18 Å². The number of halogens is 3. The van der Waals surface area contributed by atoms with Gasteiger partial charge in [-0.05, 0) is 29.9 Å². The van der Waals surface area contributed by atoms with Crippen molar-refractivity contribution >= 4 is 0 Å². The molecule has 0 spiro atoms. The van der Waals surface area contributed by atoms with E-state index in [4.69, 9.17) is 0 Å². The fourth-order valence-corrected chi connectivity index (χ4v) is 2.41. The molecule has 1 N–H and O–H groups in total. The van der Waals surface area contributed by atoms with Crippen LogP contribution in [0.1, 0.15) is 37.3 Å². The van der Waals surface area contributed by atoms with Crippen LogP contribution >= 0.6 is 0 Å². The zero-order valence-corrected chi connectivity index (χ0v) is 10.5. The minimum absolute atomic E-state index is 0.283. The number of benzene rings is 1. The maximum atomic E-state index is 12.8. The summed E-state index contributed by atoms with van der Waals surface area (Å²) in [7, 11) is 0. The molecule has 0 unspecified atom stereocenters. The molecule has 1 fully saturated rings. The van der Waals surface area contributed by atoms with Crippen LogP contribution in [-0.2, 0) is 12.7 Å². The molecule has 1 nitrogen and oxygen atoms in total. The number of alkyl halides is 3. The van der Waals surface area contributed by atoms with Crippen molar-refractivity contribution in [1.82, 2.24) is 5.32 Å². The van der Waals surface area contributed by atoms with E-state index in [2.05, 4.69) is 12.2 Å². The Bertz CT molecular complexity index is 408. The molecule has 0 atom stereocenters. The van der Waals surface area contributed by atoms with Crippen LogP contribution in [-0.4, -0.2) is 6.54 Å². The molecule has 0 aromatic heterocycles. The van der Waals surface area contributed by atoms with Crippen molar-refractivity contribution in [1.29, 1.82) is 0 Å². The van der Waals surface area contributed by atoms with E-state index >= 15 is 0 Å². The Labute approximate surface area is 105 Å². The number of rotatable bonds is 4. The van der Waals surface area contributed by atoms with Gasteiger partial charge in [0.25, 0.3) is 0 Å². The van der Waals surface area contributed by atoms with E-state index in [0.29, 0.717) is 5.56 Å². The van der Waals surface area contributed by atoms with Crippen molar-refractivity contribution in [3.63, 3.8) is 0 Å². The smallest absolute Gasteiger partial charge is 0.312 e. The Morgan fingerprint density at radius 1 is 1.22 bits per heavy atom. The standard InChI is InChI=1S/C14H18F3N/c1-13(7-4-8-13)10-18-9-11-5-2-3-6-12(11)14(15,16)17/h2-3,5-6,18H,4,7-10H2,1H3. The summed E-state index contributed by atoms with van der Waals surface area (Å²) >= 11 is 0. The number of hydrogen-bond acceptors (Lipinski definition) is 1. The van der Waals surface area contributed by atoms with Crippen molar-refractivity contribution in [3.05, 3.63) is 35.4 Å². The minimum Gasteiger partial charge on any atom is -0.312 e. The maximum Gasteiger partial charge on any atom is 0.416 e. The average molecular weight is 257 g/mol. The molecule has 0 heterocycles. The Balaban J connectivity index is 1.96. The summed E-state index contributed by atoms with van der Waals surface area (Å²) in [5.74, 6) is 0. The van der Waals surface area contributed by atoms with Gasteiger partial charge in [0.05, 0.1) is 5.56 Å². The molecule has 0 aliphatic heterocycles. The van der Waals surface area contributed by atoms with Crippen molar-refractivity contribution in [2.75, 3.05) is 6.54 Å². The molecule has 1 aliphatic rings. The Kier molecular flexibility index (Phi) is 3.66. The zero-order valence-electron chi connectivity index (χ0n) is 10.5. The quantitative estimate of drug-likeness (QED) is 0.860. The molecule has 0 bridgehead atoms. The predicted octanol–water partition coefficient (Wildman–Crippen LogP) is 3.99. The van der Waals surface area contributed by atoms with Crippen molar-refractivity contribution in [3.8, 4) is 0 Å². The third-order valence-corrected chi connectivity index (χ3v) is 3.75. The highest BCUT2D eigenvalue weighted by molar-refractivity contribution is 5.29. The molecule has 1 aliphatic carbocycles. The SMILES string of the molecule is CC1(CNCc2ccccc2C(F)(F)F)CCC1. The van der Waals surface area contributed by atoms with Crippen LogP contribution in [0, 0.1) is 5.41 Å². The molecule has 100 valence electrons. The second-order valence-electron chi connectivity index (χ2n) is 5.42.